The van der Waals surface area contributed by atoms with Crippen LogP contribution in [0.25, 0.3) is 0 Å². The molecule has 0 spiro atoms. The summed E-state index contributed by atoms with van der Waals surface area (Å²) >= 11 is 0. The summed E-state index contributed by atoms with van der Waals surface area (Å²) in [6.45, 7) is 3.46. The first kappa shape index (κ1) is 17.8. The van der Waals surface area contributed by atoms with Crippen LogP contribution in [0.4, 0.5) is 13.2 Å². The van der Waals surface area contributed by atoms with Crippen LogP contribution in [0.5, 0.6) is 5.75 Å². The second kappa shape index (κ2) is 7.38. The number of benzene rings is 2. The van der Waals surface area contributed by atoms with Crippen molar-refractivity contribution < 1.29 is 22.7 Å². The van der Waals surface area contributed by atoms with Gasteiger partial charge in [0, 0.05) is 6.54 Å². The van der Waals surface area contributed by atoms with Gasteiger partial charge in [-0.3, -0.25) is 4.79 Å². The maximum atomic E-state index is 12.7. The molecule has 1 amide bonds. The summed E-state index contributed by atoms with van der Waals surface area (Å²) in [5.41, 5.74) is 0.537. The fourth-order valence-corrected chi connectivity index (χ4v) is 2.12. The topological polar surface area (TPSA) is 38.3 Å². The fraction of sp³-hybridized carbons (Fsp3) is 0.278. The molecule has 24 heavy (non-hydrogen) atoms. The maximum absolute atomic E-state index is 12.7. The van der Waals surface area contributed by atoms with Gasteiger partial charge in [0.05, 0.1) is 5.56 Å². The van der Waals surface area contributed by atoms with Crippen LogP contribution < -0.4 is 10.1 Å². The molecule has 2 aromatic rings. The van der Waals surface area contributed by atoms with Crippen LogP contribution >= 0.6 is 0 Å². The van der Waals surface area contributed by atoms with Crippen molar-refractivity contribution in [3.8, 4) is 5.75 Å². The highest BCUT2D eigenvalue weighted by atomic mass is 19.4. The standard InChI is InChI=1S/C18H18F3NO2/c1-12-6-3-4-9-16(12)24-13(2)17(23)22-11-14-7-5-8-15(10-14)18(19,20)21/h3-10,13H,11H2,1-2H3,(H,22,23)/t13-/m0/s1. The molecule has 3 nitrogen and oxygen atoms in total. The number of para-hydroxylation sites is 1. The Morgan fingerprint density at radius 2 is 1.88 bits per heavy atom. The van der Waals surface area contributed by atoms with Crippen molar-refractivity contribution in [2.24, 2.45) is 0 Å². The molecule has 0 radical (unpaired) electrons. The molecule has 0 saturated carbocycles. The first-order valence-corrected chi connectivity index (χ1v) is 7.43. The third-order valence-electron chi connectivity index (χ3n) is 3.49. The van der Waals surface area contributed by atoms with Crippen molar-refractivity contribution in [2.75, 3.05) is 0 Å². The van der Waals surface area contributed by atoms with Crippen molar-refractivity contribution >= 4 is 5.91 Å². The molecule has 6 heteroatoms. The van der Waals surface area contributed by atoms with Gasteiger partial charge >= 0.3 is 6.18 Å². The van der Waals surface area contributed by atoms with E-state index >= 15 is 0 Å². The number of carbonyl (C=O) groups is 1. The van der Waals surface area contributed by atoms with Gasteiger partial charge in [0.1, 0.15) is 5.75 Å². The molecule has 128 valence electrons. The highest BCUT2D eigenvalue weighted by Crippen LogP contribution is 2.29. The molecular formula is C18H18F3NO2. The number of alkyl halides is 3. The summed E-state index contributed by atoms with van der Waals surface area (Å²) in [5.74, 6) is 0.204. The Labute approximate surface area is 138 Å². The van der Waals surface area contributed by atoms with Crippen LogP contribution in [0.15, 0.2) is 48.5 Å². The second-order valence-corrected chi connectivity index (χ2v) is 5.44. The number of nitrogens with one attached hydrogen (secondary N) is 1. The van der Waals surface area contributed by atoms with E-state index in [1.165, 1.54) is 12.1 Å². The zero-order valence-electron chi connectivity index (χ0n) is 13.4. The van der Waals surface area contributed by atoms with Gasteiger partial charge in [-0.05, 0) is 43.2 Å². The number of ether oxygens (including phenoxy) is 1. The van der Waals surface area contributed by atoms with Crippen molar-refractivity contribution in [2.45, 2.75) is 32.7 Å². The van der Waals surface area contributed by atoms with E-state index in [2.05, 4.69) is 5.32 Å². The Kier molecular flexibility index (Phi) is 5.49. The molecular weight excluding hydrogens is 319 g/mol. The van der Waals surface area contributed by atoms with E-state index in [1.54, 1.807) is 19.1 Å². The molecule has 1 N–H and O–H groups in total. The van der Waals surface area contributed by atoms with E-state index in [0.717, 1.165) is 17.7 Å². The van der Waals surface area contributed by atoms with Crippen LogP contribution in [0, 0.1) is 6.92 Å². The summed E-state index contributed by atoms with van der Waals surface area (Å²) in [5, 5.41) is 2.59. The molecule has 0 unspecified atom stereocenters. The lowest BCUT2D eigenvalue weighted by molar-refractivity contribution is -0.137. The van der Waals surface area contributed by atoms with E-state index in [9.17, 15) is 18.0 Å². The monoisotopic (exact) mass is 337 g/mol. The second-order valence-electron chi connectivity index (χ2n) is 5.44. The van der Waals surface area contributed by atoms with Gasteiger partial charge in [-0.15, -0.1) is 0 Å². The minimum absolute atomic E-state index is 0.00419. The molecule has 0 bridgehead atoms. The molecule has 0 aliphatic carbocycles. The highest BCUT2D eigenvalue weighted by molar-refractivity contribution is 5.80. The molecule has 0 saturated heterocycles. The van der Waals surface area contributed by atoms with Gasteiger partial charge < -0.3 is 10.1 Å². The van der Waals surface area contributed by atoms with Gasteiger partial charge in [-0.1, -0.05) is 30.3 Å². The Hall–Kier alpha value is -2.50. The molecule has 2 rings (SSSR count). The normalized spacial score (nSPS) is 12.5. The molecule has 1 atom stereocenters. The van der Waals surface area contributed by atoms with Crippen LogP contribution in [-0.2, 0) is 17.5 Å². The first-order chi connectivity index (χ1) is 11.3. The molecule has 0 fully saturated rings. The molecule has 2 aromatic carbocycles. The number of carbonyl (C=O) groups excluding carboxylic acids is 1. The van der Waals surface area contributed by atoms with Crippen LogP contribution in [0.2, 0.25) is 0 Å². The number of rotatable bonds is 5. The van der Waals surface area contributed by atoms with Crippen LogP contribution in [0.1, 0.15) is 23.6 Å². The minimum atomic E-state index is -4.40. The number of hydrogen-bond acceptors (Lipinski definition) is 2. The summed E-state index contributed by atoms with van der Waals surface area (Å²) in [4.78, 5) is 12.1. The smallest absolute Gasteiger partial charge is 0.416 e. The summed E-state index contributed by atoms with van der Waals surface area (Å²) < 4.78 is 43.6. The molecule has 0 aliphatic rings. The SMILES string of the molecule is Cc1ccccc1O[C@@H](C)C(=O)NCc1cccc(C(F)(F)F)c1. The summed E-state index contributed by atoms with van der Waals surface area (Å²) in [7, 11) is 0. The van der Waals surface area contributed by atoms with E-state index in [1.807, 2.05) is 19.1 Å². The zero-order valence-corrected chi connectivity index (χ0v) is 13.4. The molecule has 0 heterocycles. The van der Waals surface area contributed by atoms with Gasteiger partial charge in [0.25, 0.3) is 5.91 Å². The first-order valence-electron chi connectivity index (χ1n) is 7.43. The van der Waals surface area contributed by atoms with Crippen molar-refractivity contribution in [1.29, 1.82) is 0 Å². The Bertz CT molecular complexity index is 713. The number of amides is 1. The van der Waals surface area contributed by atoms with E-state index in [0.29, 0.717) is 11.3 Å². The van der Waals surface area contributed by atoms with Crippen LogP contribution in [0.3, 0.4) is 0 Å². The summed E-state index contributed by atoms with van der Waals surface area (Å²) in [6.07, 6.45) is -5.15. The highest BCUT2D eigenvalue weighted by Gasteiger charge is 2.30. The van der Waals surface area contributed by atoms with E-state index < -0.39 is 23.8 Å². The Morgan fingerprint density at radius 3 is 2.54 bits per heavy atom. The summed E-state index contributed by atoms with van der Waals surface area (Å²) in [6, 6.07) is 12.1. The average molecular weight is 337 g/mol. The molecule has 0 aliphatic heterocycles. The van der Waals surface area contributed by atoms with Crippen LogP contribution in [-0.4, -0.2) is 12.0 Å². The predicted octanol–water partition coefficient (Wildman–Crippen LogP) is 4.10. The number of aryl methyl sites for hydroxylation is 1. The lowest BCUT2D eigenvalue weighted by atomic mass is 10.1. The van der Waals surface area contributed by atoms with Gasteiger partial charge in [0.15, 0.2) is 6.10 Å². The maximum Gasteiger partial charge on any atom is 0.416 e. The van der Waals surface area contributed by atoms with E-state index in [-0.39, 0.29) is 6.54 Å². The molecule has 0 aromatic heterocycles. The predicted molar refractivity (Wildman–Crippen MR) is 84.6 cm³/mol. The Balaban J connectivity index is 1.94. The number of hydrogen-bond donors (Lipinski definition) is 1. The van der Waals surface area contributed by atoms with Gasteiger partial charge in [0.2, 0.25) is 0 Å². The lowest BCUT2D eigenvalue weighted by Crippen LogP contribution is -2.36. The Morgan fingerprint density at radius 1 is 1.17 bits per heavy atom. The number of halogens is 3. The minimum Gasteiger partial charge on any atom is -0.481 e. The average Bonchev–Trinajstić information content (AvgIpc) is 2.54. The van der Waals surface area contributed by atoms with E-state index in [4.69, 9.17) is 4.74 Å². The largest absolute Gasteiger partial charge is 0.481 e. The van der Waals surface area contributed by atoms with Crippen molar-refractivity contribution in [3.05, 3.63) is 65.2 Å². The fourth-order valence-electron chi connectivity index (χ4n) is 2.12. The van der Waals surface area contributed by atoms with Crippen molar-refractivity contribution in [3.63, 3.8) is 0 Å². The quantitative estimate of drug-likeness (QED) is 0.892. The lowest BCUT2D eigenvalue weighted by Gasteiger charge is -2.16. The zero-order chi connectivity index (χ0) is 17.7. The van der Waals surface area contributed by atoms with Crippen molar-refractivity contribution in [1.82, 2.24) is 5.32 Å². The van der Waals surface area contributed by atoms with Gasteiger partial charge in [-0.25, -0.2) is 0 Å². The van der Waals surface area contributed by atoms with Gasteiger partial charge in [-0.2, -0.15) is 13.2 Å². The third kappa shape index (κ3) is 4.75. The third-order valence-corrected chi connectivity index (χ3v) is 3.49.